The SMILES string of the molecule is O=C(O)c1ccc2ccn(CCOc3cccc(CO)c3)c2c1. The Labute approximate surface area is 133 Å². The molecule has 0 saturated carbocycles. The van der Waals surface area contributed by atoms with Crippen molar-refractivity contribution in [2.24, 2.45) is 0 Å². The lowest BCUT2D eigenvalue weighted by atomic mass is 10.2. The van der Waals surface area contributed by atoms with Crippen molar-refractivity contribution in [1.82, 2.24) is 4.57 Å². The normalized spacial score (nSPS) is 10.8. The summed E-state index contributed by atoms with van der Waals surface area (Å²) in [5.74, 6) is -0.226. The number of aromatic carboxylic acids is 1. The van der Waals surface area contributed by atoms with Crippen molar-refractivity contribution in [1.29, 1.82) is 0 Å². The van der Waals surface area contributed by atoms with Gasteiger partial charge < -0.3 is 19.5 Å². The summed E-state index contributed by atoms with van der Waals surface area (Å²) in [6, 6.07) is 14.3. The molecule has 0 aliphatic heterocycles. The van der Waals surface area contributed by atoms with Crippen molar-refractivity contribution < 1.29 is 19.7 Å². The van der Waals surface area contributed by atoms with E-state index >= 15 is 0 Å². The van der Waals surface area contributed by atoms with Gasteiger partial charge in [-0.2, -0.15) is 0 Å². The number of hydrogen-bond donors (Lipinski definition) is 2. The van der Waals surface area contributed by atoms with Crippen LogP contribution in [0.15, 0.2) is 54.7 Å². The molecule has 0 fully saturated rings. The van der Waals surface area contributed by atoms with E-state index in [1.807, 2.05) is 35.0 Å². The second kappa shape index (κ2) is 6.54. The smallest absolute Gasteiger partial charge is 0.335 e. The van der Waals surface area contributed by atoms with Crippen molar-refractivity contribution in [3.63, 3.8) is 0 Å². The van der Waals surface area contributed by atoms with Crippen LogP contribution in [0.5, 0.6) is 5.75 Å². The number of benzene rings is 2. The minimum atomic E-state index is -0.934. The first-order valence-electron chi connectivity index (χ1n) is 7.32. The standard InChI is InChI=1S/C18H17NO4/c20-12-13-2-1-3-16(10-13)23-9-8-19-7-6-14-4-5-15(18(21)22)11-17(14)19/h1-7,10-11,20H,8-9,12H2,(H,21,22). The third kappa shape index (κ3) is 3.35. The maximum atomic E-state index is 11.1. The van der Waals surface area contributed by atoms with Gasteiger partial charge in [-0.3, -0.25) is 0 Å². The Bertz CT molecular complexity index is 838. The summed E-state index contributed by atoms with van der Waals surface area (Å²) in [7, 11) is 0. The summed E-state index contributed by atoms with van der Waals surface area (Å²) in [6.45, 7) is 1.04. The number of carbonyl (C=O) groups is 1. The second-order valence-corrected chi connectivity index (χ2v) is 5.24. The van der Waals surface area contributed by atoms with Crippen LogP contribution in [0.3, 0.4) is 0 Å². The molecule has 0 saturated heterocycles. The monoisotopic (exact) mass is 311 g/mol. The zero-order valence-electron chi connectivity index (χ0n) is 12.5. The van der Waals surface area contributed by atoms with E-state index in [0.717, 1.165) is 16.5 Å². The minimum absolute atomic E-state index is 0.0165. The first-order chi connectivity index (χ1) is 11.2. The molecule has 1 aromatic heterocycles. The molecule has 3 aromatic rings. The molecule has 0 amide bonds. The summed E-state index contributed by atoms with van der Waals surface area (Å²) in [4.78, 5) is 11.1. The maximum Gasteiger partial charge on any atom is 0.335 e. The zero-order valence-corrected chi connectivity index (χ0v) is 12.5. The molecular formula is C18H17NO4. The summed E-state index contributed by atoms with van der Waals surface area (Å²) < 4.78 is 7.67. The van der Waals surface area contributed by atoms with Crippen molar-refractivity contribution >= 4 is 16.9 Å². The average molecular weight is 311 g/mol. The van der Waals surface area contributed by atoms with Crippen LogP contribution in [0.4, 0.5) is 0 Å². The third-order valence-corrected chi connectivity index (χ3v) is 3.70. The molecule has 0 atom stereocenters. The van der Waals surface area contributed by atoms with Gasteiger partial charge in [-0.05, 0) is 41.3 Å². The van der Waals surface area contributed by atoms with Gasteiger partial charge in [0.25, 0.3) is 0 Å². The number of aliphatic hydroxyl groups is 1. The van der Waals surface area contributed by atoms with Gasteiger partial charge in [-0.15, -0.1) is 0 Å². The van der Waals surface area contributed by atoms with E-state index in [2.05, 4.69) is 0 Å². The van der Waals surface area contributed by atoms with E-state index in [0.29, 0.717) is 18.9 Å². The molecule has 5 nitrogen and oxygen atoms in total. The summed E-state index contributed by atoms with van der Waals surface area (Å²) >= 11 is 0. The highest BCUT2D eigenvalue weighted by Crippen LogP contribution is 2.18. The van der Waals surface area contributed by atoms with Crippen LogP contribution in [0, 0.1) is 0 Å². The number of aliphatic hydroxyl groups excluding tert-OH is 1. The molecule has 0 spiro atoms. The predicted octanol–water partition coefficient (Wildman–Crippen LogP) is 2.91. The first-order valence-corrected chi connectivity index (χ1v) is 7.32. The van der Waals surface area contributed by atoms with E-state index < -0.39 is 5.97 Å². The van der Waals surface area contributed by atoms with Gasteiger partial charge in [-0.25, -0.2) is 4.79 Å². The van der Waals surface area contributed by atoms with Crippen molar-refractivity contribution in [2.45, 2.75) is 13.2 Å². The molecule has 23 heavy (non-hydrogen) atoms. The summed E-state index contributed by atoms with van der Waals surface area (Å²) in [6.07, 6.45) is 1.92. The van der Waals surface area contributed by atoms with Gasteiger partial charge in [-0.1, -0.05) is 18.2 Å². The number of nitrogens with zero attached hydrogens (tertiary/aromatic N) is 1. The Morgan fingerprint density at radius 3 is 2.78 bits per heavy atom. The molecule has 5 heteroatoms. The number of carboxylic acid groups (broad SMARTS) is 1. The highest BCUT2D eigenvalue weighted by molar-refractivity contribution is 5.93. The molecule has 118 valence electrons. The minimum Gasteiger partial charge on any atom is -0.492 e. The quantitative estimate of drug-likeness (QED) is 0.734. The van der Waals surface area contributed by atoms with Crippen LogP contribution in [-0.4, -0.2) is 27.4 Å². The van der Waals surface area contributed by atoms with Crippen LogP contribution < -0.4 is 4.74 Å². The fraction of sp³-hybridized carbons (Fsp3) is 0.167. The molecule has 0 aliphatic carbocycles. The first kappa shape index (κ1) is 15.1. The number of ether oxygens (including phenoxy) is 1. The average Bonchev–Trinajstić information content (AvgIpc) is 2.97. The van der Waals surface area contributed by atoms with Crippen molar-refractivity contribution in [2.75, 3.05) is 6.61 Å². The van der Waals surface area contributed by atoms with E-state index in [1.165, 1.54) is 0 Å². The fourth-order valence-corrected chi connectivity index (χ4v) is 2.51. The molecule has 0 bridgehead atoms. The van der Waals surface area contributed by atoms with Crippen LogP contribution in [0.1, 0.15) is 15.9 Å². The van der Waals surface area contributed by atoms with Gasteiger partial charge in [0.15, 0.2) is 0 Å². The number of fused-ring (bicyclic) bond motifs is 1. The van der Waals surface area contributed by atoms with Gasteiger partial charge in [0, 0.05) is 11.7 Å². The van der Waals surface area contributed by atoms with Gasteiger partial charge in [0.2, 0.25) is 0 Å². The molecule has 3 rings (SSSR count). The molecule has 2 N–H and O–H groups in total. The van der Waals surface area contributed by atoms with E-state index in [4.69, 9.17) is 14.9 Å². The Hall–Kier alpha value is -2.79. The number of aromatic nitrogens is 1. The Balaban J connectivity index is 1.71. The summed E-state index contributed by atoms with van der Waals surface area (Å²) in [5, 5.41) is 19.2. The maximum absolute atomic E-state index is 11.1. The Kier molecular flexibility index (Phi) is 4.30. The molecule has 0 unspecified atom stereocenters. The zero-order chi connectivity index (χ0) is 16.2. The van der Waals surface area contributed by atoms with Crippen molar-refractivity contribution in [3.8, 4) is 5.75 Å². The van der Waals surface area contributed by atoms with Crippen LogP contribution >= 0.6 is 0 Å². The van der Waals surface area contributed by atoms with E-state index in [-0.39, 0.29) is 12.2 Å². The predicted molar refractivity (Wildman–Crippen MR) is 86.8 cm³/mol. The van der Waals surface area contributed by atoms with Gasteiger partial charge >= 0.3 is 5.97 Å². The second-order valence-electron chi connectivity index (χ2n) is 5.24. The third-order valence-electron chi connectivity index (χ3n) is 3.70. The lowest BCUT2D eigenvalue weighted by Gasteiger charge is -2.09. The van der Waals surface area contributed by atoms with Crippen LogP contribution in [0.2, 0.25) is 0 Å². The number of rotatable bonds is 6. The van der Waals surface area contributed by atoms with Gasteiger partial charge in [0.1, 0.15) is 12.4 Å². The van der Waals surface area contributed by atoms with Gasteiger partial charge in [0.05, 0.1) is 18.7 Å². The van der Waals surface area contributed by atoms with E-state index in [9.17, 15) is 4.79 Å². The topological polar surface area (TPSA) is 71.7 Å². The molecule has 0 radical (unpaired) electrons. The highest BCUT2D eigenvalue weighted by Gasteiger charge is 2.07. The molecule has 0 aliphatic rings. The largest absolute Gasteiger partial charge is 0.492 e. The van der Waals surface area contributed by atoms with Crippen LogP contribution in [0.25, 0.3) is 10.9 Å². The Morgan fingerprint density at radius 2 is 2.00 bits per heavy atom. The molecule has 1 heterocycles. The van der Waals surface area contributed by atoms with E-state index in [1.54, 1.807) is 24.3 Å². The fourth-order valence-electron chi connectivity index (χ4n) is 2.51. The lowest BCUT2D eigenvalue weighted by molar-refractivity contribution is 0.0697. The number of hydrogen-bond acceptors (Lipinski definition) is 3. The highest BCUT2D eigenvalue weighted by atomic mass is 16.5. The lowest BCUT2D eigenvalue weighted by Crippen LogP contribution is -2.07. The summed E-state index contributed by atoms with van der Waals surface area (Å²) in [5.41, 5.74) is 1.95. The Morgan fingerprint density at radius 1 is 1.13 bits per heavy atom. The number of carboxylic acids is 1. The van der Waals surface area contributed by atoms with Crippen molar-refractivity contribution in [3.05, 3.63) is 65.9 Å². The molecular weight excluding hydrogens is 294 g/mol. The van der Waals surface area contributed by atoms with Crippen LogP contribution in [-0.2, 0) is 13.2 Å². The molecule has 2 aromatic carbocycles.